The van der Waals surface area contributed by atoms with Crippen LogP contribution in [-0.4, -0.2) is 21.0 Å². The standard InChI is InChI=1S/C21H19BrO3/c1-23-14-25-21-17(15-7-4-3-5-8-15)9-6-10-18(21)19-13-16(24-2)11-12-20(19)22/h3-13H,14H2,1-2H3. The molecular weight excluding hydrogens is 380 g/mol. The Hall–Kier alpha value is -2.30. The molecule has 0 spiro atoms. The summed E-state index contributed by atoms with van der Waals surface area (Å²) in [6.07, 6.45) is 0. The summed E-state index contributed by atoms with van der Waals surface area (Å²) in [7, 11) is 3.28. The monoisotopic (exact) mass is 398 g/mol. The Bertz CT molecular complexity index is 847. The van der Waals surface area contributed by atoms with E-state index < -0.39 is 0 Å². The molecule has 0 aliphatic carbocycles. The van der Waals surface area contributed by atoms with Gasteiger partial charge < -0.3 is 14.2 Å². The molecule has 0 aromatic heterocycles. The van der Waals surface area contributed by atoms with E-state index in [1.54, 1.807) is 14.2 Å². The maximum atomic E-state index is 5.97. The first-order chi connectivity index (χ1) is 12.2. The third-order valence-electron chi connectivity index (χ3n) is 3.88. The number of halogens is 1. The van der Waals surface area contributed by atoms with E-state index in [1.165, 1.54) is 0 Å². The van der Waals surface area contributed by atoms with Gasteiger partial charge in [-0.05, 0) is 23.8 Å². The average Bonchev–Trinajstić information content (AvgIpc) is 2.67. The second-order valence-corrected chi connectivity index (χ2v) is 6.30. The molecule has 3 rings (SSSR count). The number of hydrogen-bond donors (Lipinski definition) is 0. The van der Waals surface area contributed by atoms with E-state index in [1.807, 2.05) is 48.5 Å². The van der Waals surface area contributed by atoms with Crippen LogP contribution < -0.4 is 9.47 Å². The first-order valence-electron chi connectivity index (χ1n) is 7.88. The fraction of sp³-hybridized carbons (Fsp3) is 0.143. The van der Waals surface area contributed by atoms with Crippen molar-refractivity contribution in [3.63, 3.8) is 0 Å². The lowest BCUT2D eigenvalue weighted by atomic mass is 9.97. The summed E-state index contributed by atoms with van der Waals surface area (Å²) in [4.78, 5) is 0. The van der Waals surface area contributed by atoms with Crippen molar-refractivity contribution in [3.05, 3.63) is 71.2 Å². The van der Waals surface area contributed by atoms with Gasteiger partial charge in [0.05, 0.1) is 7.11 Å². The predicted octanol–water partition coefficient (Wildman–Crippen LogP) is 5.77. The summed E-state index contributed by atoms with van der Waals surface area (Å²) in [6, 6.07) is 22.2. The molecule has 0 aliphatic rings. The van der Waals surface area contributed by atoms with Crippen molar-refractivity contribution in [2.24, 2.45) is 0 Å². The third kappa shape index (κ3) is 3.86. The highest BCUT2D eigenvalue weighted by Crippen LogP contribution is 2.42. The van der Waals surface area contributed by atoms with Crippen LogP contribution in [0.1, 0.15) is 0 Å². The van der Waals surface area contributed by atoms with Crippen LogP contribution in [0.3, 0.4) is 0 Å². The lowest BCUT2D eigenvalue weighted by Crippen LogP contribution is -2.02. The van der Waals surface area contributed by atoms with Crippen molar-refractivity contribution < 1.29 is 14.2 Å². The number of para-hydroxylation sites is 1. The highest BCUT2D eigenvalue weighted by Gasteiger charge is 2.16. The lowest BCUT2D eigenvalue weighted by molar-refractivity contribution is 0.0519. The summed E-state index contributed by atoms with van der Waals surface area (Å²) < 4.78 is 17.5. The molecule has 128 valence electrons. The van der Waals surface area contributed by atoms with Gasteiger partial charge in [-0.25, -0.2) is 0 Å². The van der Waals surface area contributed by atoms with Gasteiger partial charge >= 0.3 is 0 Å². The largest absolute Gasteiger partial charge is 0.497 e. The Balaban J connectivity index is 2.20. The van der Waals surface area contributed by atoms with Crippen LogP contribution >= 0.6 is 15.9 Å². The summed E-state index contributed by atoms with van der Waals surface area (Å²) in [6.45, 7) is 0.179. The van der Waals surface area contributed by atoms with Gasteiger partial charge in [0.2, 0.25) is 0 Å². The fourth-order valence-electron chi connectivity index (χ4n) is 2.71. The van der Waals surface area contributed by atoms with Crippen molar-refractivity contribution in [2.45, 2.75) is 0 Å². The van der Waals surface area contributed by atoms with Gasteiger partial charge in [0.1, 0.15) is 11.5 Å². The molecule has 25 heavy (non-hydrogen) atoms. The van der Waals surface area contributed by atoms with Crippen LogP contribution in [0.2, 0.25) is 0 Å². The summed E-state index contributed by atoms with van der Waals surface area (Å²) >= 11 is 3.64. The zero-order valence-electron chi connectivity index (χ0n) is 14.2. The van der Waals surface area contributed by atoms with Gasteiger partial charge in [-0.1, -0.05) is 64.5 Å². The van der Waals surface area contributed by atoms with Crippen LogP contribution in [0.4, 0.5) is 0 Å². The smallest absolute Gasteiger partial charge is 0.188 e. The van der Waals surface area contributed by atoms with E-state index in [-0.39, 0.29) is 6.79 Å². The molecule has 3 aromatic rings. The molecule has 3 nitrogen and oxygen atoms in total. The minimum absolute atomic E-state index is 0.179. The van der Waals surface area contributed by atoms with Crippen LogP contribution in [0.15, 0.2) is 71.2 Å². The molecule has 0 saturated carbocycles. The quantitative estimate of drug-likeness (QED) is 0.492. The molecular formula is C21H19BrO3. The second-order valence-electron chi connectivity index (χ2n) is 5.44. The molecule has 0 N–H and O–H groups in total. The molecule has 0 amide bonds. The predicted molar refractivity (Wildman–Crippen MR) is 104 cm³/mol. The Labute approximate surface area is 156 Å². The fourth-order valence-corrected chi connectivity index (χ4v) is 3.17. The lowest BCUT2D eigenvalue weighted by Gasteiger charge is -2.17. The molecule has 0 saturated heterocycles. The number of hydrogen-bond acceptors (Lipinski definition) is 3. The van der Waals surface area contributed by atoms with Gasteiger partial charge in [0.15, 0.2) is 6.79 Å². The van der Waals surface area contributed by atoms with Gasteiger partial charge in [-0.3, -0.25) is 0 Å². The Morgan fingerprint density at radius 2 is 1.56 bits per heavy atom. The van der Waals surface area contributed by atoms with E-state index in [2.05, 4.69) is 34.1 Å². The molecule has 0 bridgehead atoms. The zero-order chi connectivity index (χ0) is 17.6. The van der Waals surface area contributed by atoms with Gasteiger partial charge in [0, 0.05) is 28.3 Å². The molecule has 0 unspecified atom stereocenters. The number of ether oxygens (including phenoxy) is 3. The molecule has 0 heterocycles. The SMILES string of the molecule is COCOc1c(-c2ccccc2)cccc1-c1cc(OC)ccc1Br. The first kappa shape index (κ1) is 17.5. The maximum Gasteiger partial charge on any atom is 0.188 e. The van der Waals surface area contributed by atoms with Crippen molar-refractivity contribution in [1.82, 2.24) is 0 Å². The van der Waals surface area contributed by atoms with Gasteiger partial charge in [0.25, 0.3) is 0 Å². The highest BCUT2D eigenvalue weighted by atomic mass is 79.9. The average molecular weight is 399 g/mol. The van der Waals surface area contributed by atoms with Crippen molar-refractivity contribution >= 4 is 15.9 Å². The van der Waals surface area contributed by atoms with E-state index >= 15 is 0 Å². The molecule has 0 radical (unpaired) electrons. The summed E-state index contributed by atoms with van der Waals surface area (Å²) in [5.74, 6) is 1.57. The number of rotatable bonds is 6. The first-order valence-corrected chi connectivity index (χ1v) is 8.68. The normalized spacial score (nSPS) is 10.5. The Kier molecular flexibility index (Phi) is 5.74. The molecule has 0 aliphatic heterocycles. The zero-order valence-corrected chi connectivity index (χ0v) is 15.7. The third-order valence-corrected chi connectivity index (χ3v) is 4.58. The van der Waals surface area contributed by atoms with Gasteiger partial charge in [-0.2, -0.15) is 0 Å². The molecule has 4 heteroatoms. The molecule has 3 aromatic carbocycles. The maximum absolute atomic E-state index is 5.97. The van der Waals surface area contributed by atoms with E-state index in [0.717, 1.165) is 38.2 Å². The molecule has 0 atom stereocenters. The van der Waals surface area contributed by atoms with Crippen LogP contribution in [0.5, 0.6) is 11.5 Å². The van der Waals surface area contributed by atoms with Crippen molar-refractivity contribution in [1.29, 1.82) is 0 Å². The van der Waals surface area contributed by atoms with Crippen LogP contribution in [0.25, 0.3) is 22.3 Å². The summed E-state index contributed by atoms with van der Waals surface area (Å²) in [5.41, 5.74) is 4.09. The second kappa shape index (κ2) is 8.19. The topological polar surface area (TPSA) is 27.7 Å². The Morgan fingerprint density at radius 1 is 0.800 bits per heavy atom. The van der Waals surface area contributed by atoms with Crippen LogP contribution in [0, 0.1) is 0 Å². The van der Waals surface area contributed by atoms with E-state index in [9.17, 15) is 0 Å². The minimum atomic E-state index is 0.179. The summed E-state index contributed by atoms with van der Waals surface area (Å²) in [5, 5.41) is 0. The van der Waals surface area contributed by atoms with Crippen molar-refractivity contribution in [2.75, 3.05) is 21.0 Å². The van der Waals surface area contributed by atoms with Crippen LogP contribution in [-0.2, 0) is 4.74 Å². The number of methoxy groups -OCH3 is 2. The van der Waals surface area contributed by atoms with Crippen molar-refractivity contribution in [3.8, 4) is 33.8 Å². The number of benzene rings is 3. The Morgan fingerprint density at radius 3 is 2.28 bits per heavy atom. The van der Waals surface area contributed by atoms with Gasteiger partial charge in [-0.15, -0.1) is 0 Å². The van der Waals surface area contributed by atoms with E-state index in [4.69, 9.17) is 14.2 Å². The van der Waals surface area contributed by atoms with E-state index in [0.29, 0.717) is 0 Å². The highest BCUT2D eigenvalue weighted by molar-refractivity contribution is 9.10. The molecule has 0 fully saturated rings. The minimum Gasteiger partial charge on any atom is -0.497 e.